The van der Waals surface area contributed by atoms with Crippen LogP contribution in [0.25, 0.3) is 0 Å². The molecule has 2 aromatic rings. The fourth-order valence-corrected chi connectivity index (χ4v) is 2.69. The van der Waals surface area contributed by atoms with Gasteiger partial charge >= 0.3 is 0 Å². The van der Waals surface area contributed by atoms with Crippen molar-refractivity contribution in [2.75, 3.05) is 14.2 Å². The maximum Gasteiger partial charge on any atom is 0.119 e. The van der Waals surface area contributed by atoms with Gasteiger partial charge in [0.25, 0.3) is 0 Å². The van der Waals surface area contributed by atoms with Crippen molar-refractivity contribution in [3.63, 3.8) is 0 Å². The Morgan fingerprint density at radius 3 is 2.65 bits per heavy atom. The fourth-order valence-electron chi connectivity index (χ4n) is 1.96. The predicted molar refractivity (Wildman–Crippen MR) is 73.0 cm³/mol. The Morgan fingerprint density at radius 2 is 2.06 bits per heavy atom. The second kappa shape index (κ2) is 5.34. The van der Waals surface area contributed by atoms with Gasteiger partial charge in [-0.3, -0.25) is 0 Å². The van der Waals surface area contributed by atoms with Crippen LogP contribution in [0.15, 0.2) is 35.7 Å². The molecule has 0 bridgehead atoms. The highest BCUT2D eigenvalue weighted by Gasteiger charge is 2.13. The summed E-state index contributed by atoms with van der Waals surface area (Å²) in [6, 6.07) is 10.7. The third kappa shape index (κ3) is 2.68. The van der Waals surface area contributed by atoms with E-state index in [9.17, 15) is 0 Å². The van der Waals surface area contributed by atoms with E-state index in [1.54, 1.807) is 18.4 Å². The minimum atomic E-state index is 0.232. The summed E-state index contributed by atoms with van der Waals surface area (Å²) in [7, 11) is 3.68. The van der Waals surface area contributed by atoms with Gasteiger partial charge in [-0.2, -0.15) is 0 Å². The first-order chi connectivity index (χ1) is 8.24. The van der Waals surface area contributed by atoms with Gasteiger partial charge in [0.15, 0.2) is 0 Å². The molecule has 0 aliphatic heterocycles. The lowest BCUT2D eigenvalue weighted by molar-refractivity contribution is 0.414. The lowest BCUT2D eigenvalue weighted by atomic mass is 10.0. The standard InChI is InChI=1S/C14H17NOS/c1-10-7-12(9-17-10)14(15-2)11-5-4-6-13(8-11)16-3/h4-9,14-15H,1-3H3. The van der Waals surface area contributed by atoms with Crippen LogP contribution in [0.4, 0.5) is 0 Å². The van der Waals surface area contributed by atoms with Crippen molar-refractivity contribution in [1.29, 1.82) is 0 Å². The Morgan fingerprint density at radius 1 is 1.24 bits per heavy atom. The SMILES string of the molecule is CNC(c1cccc(OC)c1)c1csc(C)c1. The lowest BCUT2D eigenvalue weighted by Gasteiger charge is -2.16. The predicted octanol–water partition coefficient (Wildman–Crippen LogP) is 3.37. The molecule has 1 aromatic carbocycles. The van der Waals surface area contributed by atoms with E-state index in [4.69, 9.17) is 4.74 Å². The molecule has 0 aliphatic carbocycles. The first-order valence-corrected chi connectivity index (χ1v) is 6.49. The Labute approximate surface area is 106 Å². The number of benzene rings is 1. The van der Waals surface area contributed by atoms with Crippen molar-refractivity contribution >= 4 is 11.3 Å². The maximum absolute atomic E-state index is 5.27. The normalized spacial score (nSPS) is 12.4. The molecule has 1 aromatic heterocycles. The summed E-state index contributed by atoms with van der Waals surface area (Å²) in [5, 5.41) is 5.55. The number of thiophene rings is 1. The molecular formula is C14H17NOS. The highest BCUT2D eigenvalue weighted by Crippen LogP contribution is 2.27. The first-order valence-electron chi connectivity index (χ1n) is 5.61. The van der Waals surface area contributed by atoms with E-state index >= 15 is 0 Å². The monoisotopic (exact) mass is 247 g/mol. The summed E-state index contributed by atoms with van der Waals surface area (Å²) in [6.45, 7) is 2.13. The number of rotatable bonds is 4. The van der Waals surface area contributed by atoms with Crippen LogP contribution < -0.4 is 10.1 Å². The molecule has 0 spiro atoms. The molecule has 3 heteroatoms. The van der Waals surface area contributed by atoms with Crippen molar-refractivity contribution in [3.8, 4) is 5.75 Å². The van der Waals surface area contributed by atoms with Gasteiger partial charge in [0.2, 0.25) is 0 Å². The Balaban J connectivity index is 2.34. The summed E-state index contributed by atoms with van der Waals surface area (Å²) in [5.74, 6) is 0.898. The number of hydrogen-bond acceptors (Lipinski definition) is 3. The van der Waals surface area contributed by atoms with Crippen molar-refractivity contribution in [3.05, 3.63) is 51.7 Å². The molecular weight excluding hydrogens is 230 g/mol. The van der Waals surface area contributed by atoms with Gasteiger partial charge in [-0.1, -0.05) is 12.1 Å². The number of aryl methyl sites for hydroxylation is 1. The van der Waals surface area contributed by atoms with E-state index < -0.39 is 0 Å². The Kier molecular flexibility index (Phi) is 3.82. The molecule has 1 unspecified atom stereocenters. The molecule has 1 atom stereocenters. The second-order valence-corrected chi connectivity index (χ2v) is 5.10. The largest absolute Gasteiger partial charge is 0.497 e. The van der Waals surface area contributed by atoms with Crippen LogP contribution in [-0.4, -0.2) is 14.2 Å². The van der Waals surface area contributed by atoms with E-state index in [0.717, 1.165) is 5.75 Å². The van der Waals surface area contributed by atoms with Gasteiger partial charge in [-0.15, -0.1) is 11.3 Å². The number of hydrogen-bond donors (Lipinski definition) is 1. The maximum atomic E-state index is 5.27. The van der Waals surface area contributed by atoms with Crippen molar-refractivity contribution in [1.82, 2.24) is 5.32 Å². The molecule has 1 N–H and O–H groups in total. The van der Waals surface area contributed by atoms with Crippen molar-refractivity contribution in [2.24, 2.45) is 0 Å². The molecule has 90 valence electrons. The van der Waals surface area contributed by atoms with Gasteiger partial charge in [0, 0.05) is 4.88 Å². The molecule has 0 saturated carbocycles. The summed E-state index contributed by atoms with van der Waals surface area (Å²) >= 11 is 1.78. The molecule has 0 radical (unpaired) electrons. The fraction of sp³-hybridized carbons (Fsp3) is 0.286. The van der Waals surface area contributed by atoms with Gasteiger partial charge in [-0.05, 0) is 48.7 Å². The van der Waals surface area contributed by atoms with Gasteiger partial charge < -0.3 is 10.1 Å². The minimum Gasteiger partial charge on any atom is -0.497 e. The van der Waals surface area contributed by atoms with E-state index in [0.29, 0.717) is 0 Å². The highest BCUT2D eigenvalue weighted by molar-refractivity contribution is 7.10. The number of ether oxygens (including phenoxy) is 1. The molecule has 0 amide bonds. The summed E-state index contributed by atoms with van der Waals surface area (Å²) < 4.78 is 5.27. The first kappa shape index (κ1) is 12.1. The van der Waals surface area contributed by atoms with Crippen LogP contribution in [0.2, 0.25) is 0 Å². The minimum absolute atomic E-state index is 0.232. The van der Waals surface area contributed by atoms with Crippen molar-refractivity contribution < 1.29 is 4.74 Å². The van der Waals surface area contributed by atoms with Crippen molar-refractivity contribution in [2.45, 2.75) is 13.0 Å². The Bertz CT molecular complexity index is 492. The van der Waals surface area contributed by atoms with Crippen LogP contribution in [0.1, 0.15) is 22.0 Å². The molecule has 0 aliphatic rings. The van der Waals surface area contributed by atoms with E-state index in [1.807, 2.05) is 19.2 Å². The lowest BCUT2D eigenvalue weighted by Crippen LogP contribution is -2.16. The summed E-state index contributed by atoms with van der Waals surface area (Å²) in [6.07, 6.45) is 0. The topological polar surface area (TPSA) is 21.3 Å². The summed E-state index contributed by atoms with van der Waals surface area (Å²) in [4.78, 5) is 1.34. The molecule has 0 fully saturated rings. The highest BCUT2D eigenvalue weighted by atomic mass is 32.1. The van der Waals surface area contributed by atoms with Crippen LogP contribution in [0, 0.1) is 6.92 Å². The van der Waals surface area contributed by atoms with Gasteiger partial charge in [-0.25, -0.2) is 0 Å². The Hall–Kier alpha value is -1.32. The smallest absolute Gasteiger partial charge is 0.119 e. The van der Waals surface area contributed by atoms with Gasteiger partial charge in [0.05, 0.1) is 13.2 Å². The van der Waals surface area contributed by atoms with E-state index in [1.165, 1.54) is 16.0 Å². The number of nitrogens with one attached hydrogen (secondary N) is 1. The third-order valence-electron chi connectivity index (χ3n) is 2.80. The third-order valence-corrected chi connectivity index (χ3v) is 3.68. The van der Waals surface area contributed by atoms with Crippen LogP contribution in [0.5, 0.6) is 5.75 Å². The molecule has 17 heavy (non-hydrogen) atoms. The van der Waals surface area contributed by atoms with Crippen LogP contribution in [-0.2, 0) is 0 Å². The zero-order chi connectivity index (χ0) is 12.3. The van der Waals surface area contributed by atoms with Gasteiger partial charge in [0.1, 0.15) is 5.75 Å². The van der Waals surface area contributed by atoms with E-state index in [2.05, 4.69) is 35.8 Å². The zero-order valence-corrected chi connectivity index (χ0v) is 11.2. The van der Waals surface area contributed by atoms with Crippen LogP contribution in [0.3, 0.4) is 0 Å². The molecule has 2 nitrogen and oxygen atoms in total. The number of methoxy groups -OCH3 is 1. The zero-order valence-electron chi connectivity index (χ0n) is 10.4. The second-order valence-electron chi connectivity index (χ2n) is 3.99. The summed E-state index contributed by atoms with van der Waals surface area (Å²) in [5.41, 5.74) is 2.54. The molecule has 0 saturated heterocycles. The average Bonchev–Trinajstić information content (AvgIpc) is 2.77. The van der Waals surface area contributed by atoms with Crippen LogP contribution >= 0.6 is 11.3 Å². The average molecular weight is 247 g/mol. The molecule has 2 rings (SSSR count). The quantitative estimate of drug-likeness (QED) is 0.894. The molecule has 1 heterocycles. The van der Waals surface area contributed by atoms with E-state index in [-0.39, 0.29) is 6.04 Å².